The lowest BCUT2D eigenvalue weighted by Crippen LogP contribution is -2.31. The minimum atomic E-state index is -0.378. The first-order chi connectivity index (χ1) is 8.34. The largest absolute Gasteiger partial charge is 0.389 e. The highest BCUT2D eigenvalue weighted by Crippen LogP contribution is 2.28. The molecular formula is C13H21NO2S. The molecule has 1 aliphatic carbocycles. The first kappa shape index (κ1) is 13.0. The van der Waals surface area contributed by atoms with Gasteiger partial charge in [0, 0.05) is 24.6 Å². The lowest BCUT2D eigenvalue weighted by Gasteiger charge is -2.11. The van der Waals surface area contributed by atoms with Crippen molar-refractivity contribution >= 4 is 11.3 Å². The summed E-state index contributed by atoms with van der Waals surface area (Å²) < 4.78 is 5.43. The summed E-state index contributed by atoms with van der Waals surface area (Å²) in [6.07, 6.45) is 3.26. The Hall–Kier alpha value is -0.420. The minimum Gasteiger partial charge on any atom is -0.389 e. The molecule has 0 aromatic carbocycles. The second-order valence-corrected chi connectivity index (χ2v) is 5.70. The van der Waals surface area contributed by atoms with Gasteiger partial charge in [-0.15, -0.1) is 11.3 Å². The molecule has 1 atom stereocenters. The highest BCUT2D eigenvalue weighted by molar-refractivity contribution is 7.09. The van der Waals surface area contributed by atoms with Crippen LogP contribution in [0.4, 0.5) is 0 Å². The van der Waals surface area contributed by atoms with E-state index in [-0.39, 0.29) is 6.10 Å². The van der Waals surface area contributed by atoms with E-state index in [1.165, 1.54) is 17.7 Å². The summed E-state index contributed by atoms with van der Waals surface area (Å²) in [5, 5.41) is 15.0. The Balaban J connectivity index is 1.43. The van der Waals surface area contributed by atoms with Gasteiger partial charge in [-0.2, -0.15) is 0 Å². The topological polar surface area (TPSA) is 41.5 Å². The number of nitrogens with one attached hydrogen (secondary N) is 1. The van der Waals surface area contributed by atoms with E-state index in [1.54, 1.807) is 11.3 Å². The normalized spacial score (nSPS) is 17.2. The Kier molecular flexibility index (Phi) is 5.45. The predicted molar refractivity (Wildman–Crippen MR) is 70.4 cm³/mol. The number of aliphatic hydroxyl groups is 1. The van der Waals surface area contributed by atoms with E-state index in [1.807, 2.05) is 0 Å². The fourth-order valence-electron chi connectivity index (χ4n) is 1.65. The van der Waals surface area contributed by atoms with Crippen molar-refractivity contribution in [3.8, 4) is 0 Å². The molecule has 1 heterocycles. The molecular weight excluding hydrogens is 234 g/mol. The Morgan fingerprint density at radius 3 is 3.12 bits per heavy atom. The van der Waals surface area contributed by atoms with Crippen LogP contribution in [0.1, 0.15) is 17.7 Å². The maximum Gasteiger partial charge on any atom is 0.0897 e. The van der Waals surface area contributed by atoms with Crippen molar-refractivity contribution < 1.29 is 9.84 Å². The third kappa shape index (κ3) is 5.64. The van der Waals surface area contributed by atoms with Crippen LogP contribution >= 0.6 is 11.3 Å². The van der Waals surface area contributed by atoms with Crippen molar-refractivity contribution in [2.45, 2.75) is 25.4 Å². The van der Waals surface area contributed by atoms with Crippen LogP contribution in [0.3, 0.4) is 0 Å². The molecule has 96 valence electrons. The van der Waals surface area contributed by atoms with E-state index >= 15 is 0 Å². The fraction of sp³-hybridized carbons (Fsp3) is 0.692. The predicted octanol–water partition coefficient (Wildman–Crippen LogP) is 1.67. The summed E-state index contributed by atoms with van der Waals surface area (Å²) in [6.45, 7) is 2.82. The van der Waals surface area contributed by atoms with Gasteiger partial charge in [0.05, 0.1) is 12.7 Å². The number of ether oxygens (including phenoxy) is 1. The van der Waals surface area contributed by atoms with Crippen LogP contribution < -0.4 is 5.32 Å². The van der Waals surface area contributed by atoms with Gasteiger partial charge in [0.1, 0.15) is 0 Å². The molecule has 0 bridgehead atoms. The van der Waals surface area contributed by atoms with Crippen molar-refractivity contribution in [2.75, 3.05) is 26.3 Å². The van der Waals surface area contributed by atoms with Gasteiger partial charge in [0.2, 0.25) is 0 Å². The van der Waals surface area contributed by atoms with Gasteiger partial charge in [-0.1, -0.05) is 6.07 Å². The fourth-order valence-corrected chi connectivity index (χ4v) is 2.36. The Labute approximate surface area is 107 Å². The molecule has 0 amide bonds. The number of rotatable bonds is 9. The first-order valence-electron chi connectivity index (χ1n) is 6.33. The van der Waals surface area contributed by atoms with E-state index in [2.05, 4.69) is 22.8 Å². The molecule has 1 saturated carbocycles. The highest BCUT2D eigenvalue weighted by Gasteiger charge is 2.21. The van der Waals surface area contributed by atoms with Crippen LogP contribution in [0, 0.1) is 5.92 Å². The number of thiophene rings is 1. The molecule has 2 rings (SSSR count). The molecule has 1 fully saturated rings. The first-order valence-corrected chi connectivity index (χ1v) is 7.21. The third-order valence-electron chi connectivity index (χ3n) is 2.87. The van der Waals surface area contributed by atoms with Crippen LogP contribution in [-0.4, -0.2) is 37.5 Å². The molecule has 3 nitrogen and oxygen atoms in total. The highest BCUT2D eigenvalue weighted by atomic mass is 32.1. The summed E-state index contributed by atoms with van der Waals surface area (Å²) >= 11 is 1.78. The summed E-state index contributed by atoms with van der Waals surface area (Å²) in [5.74, 6) is 0.772. The van der Waals surface area contributed by atoms with Gasteiger partial charge >= 0.3 is 0 Å². The van der Waals surface area contributed by atoms with Crippen molar-refractivity contribution in [1.82, 2.24) is 5.32 Å². The second kappa shape index (κ2) is 7.11. The second-order valence-electron chi connectivity index (χ2n) is 4.67. The summed E-state index contributed by atoms with van der Waals surface area (Å²) in [5.41, 5.74) is 0. The molecule has 1 aromatic rings. The maximum atomic E-state index is 9.65. The molecule has 0 radical (unpaired) electrons. The zero-order valence-electron chi connectivity index (χ0n) is 10.1. The van der Waals surface area contributed by atoms with Gasteiger partial charge < -0.3 is 15.2 Å². The average Bonchev–Trinajstić information content (AvgIpc) is 3.00. The van der Waals surface area contributed by atoms with Gasteiger partial charge in [-0.05, 0) is 36.6 Å². The zero-order chi connectivity index (χ0) is 11.9. The lowest BCUT2D eigenvalue weighted by atomic mass is 10.3. The SMILES string of the molecule is OC(CNCCc1cccs1)COCC1CC1. The Morgan fingerprint density at radius 1 is 1.53 bits per heavy atom. The number of aliphatic hydroxyl groups excluding tert-OH is 1. The summed E-state index contributed by atoms with van der Waals surface area (Å²) in [7, 11) is 0. The molecule has 0 saturated heterocycles. The third-order valence-corrected chi connectivity index (χ3v) is 3.81. The van der Waals surface area contributed by atoms with Crippen molar-refractivity contribution in [3.63, 3.8) is 0 Å². The van der Waals surface area contributed by atoms with Gasteiger partial charge in [-0.3, -0.25) is 0 Å². The van der Waals surface area contributed by atoms with Crippen LogP contribution in [0.25, 0.3) is 0 Å². The smallest absolute Gasteiger partial charge is 0.0897 e. The van der Waals surface area contributed by atoms with Crippen LogP contribution in [0.5, 0.6) is 0 Å². The summed E-state index contributed by atoms with van der Waals surface area (Å²) in [6, 6.07) is 4.21. The van der Waals surface area contributed by atoms with Crippen molar-refractivity contribution in [3.05, 3.63) is 22.4 Å². The minimum absolute atomic E-state index is 0.378. The van der Waals surface area contributed by atoms with Crippen LogP contribution in [-0.2, 0) is 11.2 Å². The van der Waals surface area contributed by atoms with Crippen molar-refractivity contribution in [2.24, 2.45) is 5.92 Å². The van der Waals surface area contributed by atoms with E-state index in [4.69, 9.17) is 4.74 Å². The van der Waals surface area contributed by atoms with E-state index < -0.39 is 0 Å². The quantitative estimate of drug-likeness (QED) is 0.660. The number of hydrogen-bond donors (Lipinski definition) is 2. The van der Waals surface area contributed by atoms with Gasteiger partial charge in [-0.25, -0.2) is 0 Å². The van der Waals surface area contributed by atoms with Crippen LogP contribution in [0.15, 0.2) is 17.5 Å². The van der Waals surface area contributed by atoms with E-state index in [9.17, 15) is 5.11 Å². The van der Waals surface area contributed by atoms with E-state index in [0.717, 1.165) is 25.5 Å². The molecule has 17 heavy (non-hydrogen) atoms. The van der Waals surface area contributed by atoms with Gasteiger partial charge in [0.25, 0.3) is 0 Å². The molecule has 2 N–H and O–H groups in total. The lowest BCUT2D eigenvalue weighted by molar-refractivity contribution is 0.0327. The Bertz CT molecular complexity index is 298. The van der Waals surface area contributed by atoms with E-state index in [0.29, 0.717) is 13.2 Å². The molecule has 1 aliphatic rings. The molecule has 1 aromatic heterocycles. The number of hydrogen-bond acceptors (Lipinski definition) is 4. The average molecular weight is 255 g/mol. The van der Waals surface area contributed by atoms with Crippen molar-refractivity contribution in [1.29, 1.82) is 0 Å². The Morgan fingerprint density at radius 2 is 2.41 bits per heavy atom. The monoisotopic (exact) mass is 255 g/mol. The molecule has 4 heteroatoms. The zero-order valence-corrected chi connectivity index (χ0v) is 10.9. The molecule has 1 unspecified atom stereocenters. The van der Waals surface area contributed by atoms with Gasteiger partial charge in [0.15, 0.2) is 0 Å². The molecule has 0 aliphatic heterocycles. The molecule has 0 spiro atoms. The maximum absolute atomic E-state index is 9.65. The van der Waals surface area contributed by atoms with Crippen LogP contribution in [0.2, 0.25) is 0 Å². The summed E-state index contributed by atoms with van der Waals surface area (Å²) in [4.78, 5) is 1.39. The standard InChI is InChI=1S/C13H21NO2S/c15-12(10-16-9-11-3-4-11)8-14-6-5-13-2-1-7-17-13/h1-2,7,11-12,14-15H,3-6,8-10H2.